The van der Waals surface area contributed by atoms with Crippen molar-refractivity contribution in [1.82, 2.24) is 0 Å². The van der Waals surface area contributed by atoms with Crippen LogP contribution in [-0.4, -0.2) is 13.9 Å². The number of fused-ring (bicyclic) bond motifs is 1. The highest BCUT2D eigenvalue weighted by Gasteiger charge is 2.49. The molecular weight excluding hydrogens is 257 g/mol. The van der Waals surface area contributed by atoms with Crippen molar-refractivity contribution in [3.8, 4) is 0 Å². The van der Waals surface area contributed by atoms with Crippen molar-refractivity contribution in [3.63, 3.8) is 0 Å². The minimum Gasteiger partial charge on any atom is -0.255 e. The first kappa shape index (κ1) is 12.4. The molecule has 1 atom stereocenters. The second kappa shape index (κ2) is 3.99. The lowest BCUT2D eigenvalue weighted by Crippen LogP contribution is -2.26. The van der Waals surface area contributed by atoms with Gasteiger partial charge in [-0.2, -0.15) is 21.6 Å². The van der Waals surface area contributed by atoms with E-state index in [1.54, 1.807) is 24.3 Å². The van der Waals surface area contributed by atoms with Crippen LogP contribution in [0.15, 0.2) is 24.3 Å². The summed E-state index contributed by atoms with van der Waals surface area (Å²) in [5.41, 5.74) is -4.03. The Bertz CT molecular complexity index is 522. The minimum absolute atomic E-state index is 0.245. The molecule has 0 spiro atoms. The van der Waals surface area contributed by atoms with Crippen LogP contribution in [-0.2, 0) is 20.7 Å². The molecule has 1 unspecified atom stereocenters. The molecule has 0 heterocycles. The normalized spacial score (nSPS) is 20.3. The molecule has 0 saturated heterocycles. The van der Waals surface area contributed by atoms with Crippen LogP contribution in [0.5, 0.6) is 0 Å². The van der Waals surface area contributed by atoms with Gasteiger partial charge < -0.3 is 0 Å². The molecule has 2 rings (SSSR count). The summed E-state index contributed by atoms with van der Waals surface area (Å²) in [4.78, 5) is 0. The molecule has 0 radical (unpaired) electrons. The van der Waals surface area contributed by atoms with E-state index in [0.29, 0.717) is 12.0 Å². The first-order valence-corrected chi connectivity index (χ1v) is 6.29. The average molecular weight is 266 g/mol. The fourth-order valence-electron chi connectivity index (χ4n) is 1.83. The first-order valence-electron chi connectivity index (χ1n) is 4.88. The number of hydrogen-bond donors (Lipinski definition) is 0. The molecule has 0 bridgehead atoms. The Morgan fingerprint density at radius 1 is 1.24 bits per heavy atom. The van der Waals surface area contributed by atoms with Crippen molar-refractivity contribution in [3.05, 3.63) is 35.4 Å². The van der Waals surface area contributed by atoms with Gasteiger partial charge in [0.25, 0.3) is 0 Å². The quantitative estimate of drug-likeness (QED) is 0.610. The summed E-state index contributed by atoms with van der Waals surface area (Å²) in [7, 11) is -5.52. The van der Waals surface area contributed by atoms with Gasteiger partial charge in [-0.3, -0.25) is 4.18 Å². The third-order valence-electron chi connectivity index (χ3n) is 2.60. The maximum Gasteiger partial charge on any atom is 0.523 e. The molecule has 1 aliphatic rings. The molecule has 1 aliphatic carbocycles. The molecule has 94 valence electrons. The third-order valence-corrected chi connectivity index (χ3v) is 3.66. The molecule has 17 heavy (non-hydrogen) atoms. The zero-order chi connectivity index (χ0) is 12.7. The van der Waals surface area contributed by atoms with Gasteiger partial charge in [0, 0.05) is 0 Å². The standard InChI is InChI=1S/C10H9F3O3S/c11-10(12,13)17(14,15)16-9-6-5-7-3-1-2-4-8(7)9/h1-4,9H,5-6H2. The molecule has 0 aliphatic heterocycles. The highest BCUT2D eigenvalue weighted by Crippen LogP contribution is 2.38. The monoisotopic (exact) mass is 266 g/mol. The van der Waals surface area contributed by atoms with Gasteiger partial charge in [-0.1, -0.05) is 24.3 Å². The Labute approximate surface area is 96.3 Å². The Balaban J connectivity index is 2.24. The van der Waals surface area contributed by atoms with E-state index in [2.05, 4.69) is 4.18 Å². The molecule has 0 amide bonds. The Morgan fingerprint density at radius 3 is 2.53 bits per heavy atom. The number of benzene rings is 1. The smallest absolute Gasteiger partial charge is 0.255 e. The Hall–Kier alpha value is -1.08. The molecule has 0 fully saturated rings. The largest absolute Gasteiger partial charge is 0.523 e. The summed E-state index contributed by atoms with van der Waals surface area (Å²) in [5.74, 6) is 0. The summed E-state index contributed by atoms with van der Waals surface area (Å²) in [6.45, 7) is 0. The Morgan fingerprint density at radius 2 is 1.88 bits per heavy atom. The van der Waals surface area contributed by atoms with Crippen LogP contribution in [0, 0.1) is 0 Å². The van der Waals surface area contributed by atoms with Crippen molar-refractivity contribution in [2.24, 2.45) is 0 Å². The predicted molar refractivity (Wildman–Crippen MR) is 53.6 cm³/mol. The molecule has 1 aromatic carbocycles. The van der Waals surface area contributed by atoms with Crippen LogP contribution >= 0.6 is 0 Å². The number of hydrogen-bond acceptors (Lipinski definition) is 3. The lowest BCUT2D eigenvalue weighted by atomic mass is 10.1. The van der Waals surface area contributed by atoms with Gasteiger partial charge >= 0.3 is 15.6 Å². The summed E-state index contributed by atoms with van der Waals surface area (Å²) in [5, 5.41) is 0. The van der Waals surface area contributed by atoms with Crippen LogP contribution in [0.1, 0.15) is 23.7 Å². The molecule has 1 aromatic rings. The number of halogens is 3. The van der Waals surface area contributed by atoms with E-state index in [1.165, 1.54) is 0 Å². The lowest BCUT2D eigenvalue weighted by molar-refractivity contribution is -0.0574. The van der Waals surface area contributed by atoms with Crippen LogP contribution in [0.2, 0.25) is 0 Å². The molecule has 0 saturated carbocycles. The van der Waals surface area contributed by atoms with Gasteiger partial charge in [-0.25, -0.2) is 0 Å². The molecule has 0 N–H and O–H groups in total. The number of rotatable bonds is 2. The summed E-state index contributed by atoms with van der Waals surface area (Å²) in [6.07, 6.45) is -0.263. The van der Waals surface area contributed by atoms with Gasteiger partial charge in [0.05, 0.1) is 0 Å². The van der Waals surface area contributed by atoms with Crippen molar-refractivity contribution < 1.29 is 25.8 Å². The predicted octanol–water partition coefficient (Wildman–Crippen LogP) is 2.54. The van der Waals surface area contributed by atoms with Gasteiger partial charge in [-0.05, 0) is 24.0 Å². The second-order valence-corrected chi connectivity index (χ2v) is 5.29. The van der Waals surface area contributed by atoms with Crippen molar-refractivity contribution in [1.29, 1.82) is 0 Å². The van der Waals surface area contributed by atoms with Crippen molar-refractivity contribution in [2.75, 3.05) is 0 Å². The van der Waals surface area contributed by atoms with Gasteiger partial charge in [0.1, 0.15) is 6.10 Å². The molecule has 0 aromatic heterocycles. The van der Waals surface area contributed by atoms with E-state index in [4.69, 9.17) is 0 Å². The number of alkyl halides is 3. The van der Waals surface area contributed by atoms with E-state index in [0.717, 1.165) is 5.56 Å². The average Bonchev–Trinajstić information content (AvgIpc) is 2.60. The zero-order valence-corrected chi connectivity index (χ0v) is 9.38. The molecule has 3 nitrogen and oxygen atoms in total. The van der Waals surface area contributed by atoms with Crippen LogP contribution in [0.3, 0.4) is 0 Å². The van der Waals surface area contributed by atoms with E-state index in [1.807, 2.05) is 0 Å². The molecular formula is C10H9F3O3S. The second-order valence-electron chi connectivity index (χ2n) is 3.72. The van der Waals surface area contributed by atoms with E-state index < -0.39 is 21.7 Å². The Kier molecular flexibility index (Phi) is 2.90. The van der Waals surface area contributed by atoms with Crippen LogP contribution in [0.4, 0.5) is 13.2 Å². The highest BCUT2D eigenvalue weighted by atomic mass is 32.2. The minimum atomic E-state index is -5.52. The third kappa shape index (κ3) is 2.30. The lowest BCUT2D eigenvalue weighted by Gasteiger charge is -2.14. The molecule has 7 heteroatoms. The summed E-state index contributed by atoms with van der Waals surface area (Å²) < 4.78 is 62.4. The van der Waals surface area contributed by atoms with Gasteiger partial charge in [-0.15, -0.1) is 0 Å². The maximum atomic E-state index is 12.1. The number of aryl methyl sites for hydroxylation is 1. The van der Waals surface area contributed by atoms with Gasteiger partial charge in [0.15, 0.2) is 0 Å². The van der Waals surface area contributed by atoms with E-state index in [9.17, 15) is 21.6 Å². The summed E-state index contributed by atoms with van der Waals surface area (Å²) >= 11 is 0. The SMILES string of the molecule is O=S(=O)(OC1CCc2ccccc21)C(F)(F)F. The summed E-state index contributed by atoms with van der Waals surface area (Å²) in [6, 6.07) is 6.72. The first-order chi connectivity index (χ1) is 7.81. The van der Waals surface area contributed by atoms with E-state index in [-0.39, 0.29) is 6.42 Å². The van der Waals surface area contributed by atoms with Gasteiger partial charge in [0.2, 0.25) is 0 Å². The maximum absolute atomic E-state index is 12.1. The topological polar surface area (TPSA) is 43.4 Å². The van der Waals surface area contributed by atoms with Crippen molar-refractivity contribution >= 4 is 10.1 Å². The highest BCUT2D eigenvalue weighted by molar-refractivity contribution is 7.87. The van der Waals surface area contributed by atoms with Crippen LogP contribution in [0.25, 0.3) is 0 Å². The zero-order valence-electron chi connectivity index (χ0n) is 8.57. The fourth-order valence-corrected chi connectivity index (χ4v) is 2.44. The van der Waals surface area contributed by atoms with Crippen molar-refractivity contribution in [2.45, 2.75) is 24.5 Å². The fraction of sp³-hybridized carbons (Fsp3) is 0.400. The van der Waals surface area contributed by atoms with Crippen LogP contribution < -0.4 is 0 Å². The van der Waals surface area contributed by atoms with E-state index >= 15 is 0 Å².